The minimum absolute atomic E-state index is 0.466. The number of alkyl halides is 1. The van der Waals surface area contributed by atoms with E-state index in [1.54, 1.807) is 11.3 Å². The zero-order valence-corrected chi connectivity index (χ0v) is 9.01. The first-order valence-corrected chi connectivity index (χ1v) is 5.53. The first-order chi connectivity index (χ1) is 6.24. The van der Waals surface area contributed by atoms with E-state index in [9.17, 15) is 0 Å². The summed E-state index contributed by atoms with van der Waals surface area (Å²) in [6, 6.07) is 3.79. The maximum absolute atomic E-state index is 6.02. The molecule has 1 heterocycles. The molecule has 0 amide bonds. The summed E-state index contributed by atoms with van der Waals surface area (Å²) < 4.78 is 1.03. The fourth-order valence-corrected chi connectivity index (χ4v) is 2.84. The average molecular weight is 232 g/mol. The molecule has 0 saturated carbocycles. The molecule has 68 valence electrons. The van der Waals surface area contributed by atoms with Gasteiger partial charge in [-0.25, -0.2) is 0 Å². The Morgan fingerprint density at radius 1 is 1.38 bits per heavy atom. The van der Waals surface area contributed by atoms with E-state index in [-0.39, 0.29) is 0 Å². The molecule has 2 N–H and O–H groups in total. The summed E-state index contributed by atoms with van der Waals surface area (Å²) in [7, 11) is 0. The molecule has 1 aromatic carbocycles. The summed E-state index contributed by atoms with van der Waals surface area (Å²) in [6.45, 7) is 0. The summed E-state index contributed by atoms with van der Waals surface area (Å²) in [4.78, 5) is 0. The minimum atomic E-state index is 0.466. The summed E-state index contributed by atoms with van der Waals surface area (Å²) in [6.07, 6.45) is 0. The molecule has 13 heavy (non-hydrogen) atoms. The van der Waals surface area contributed by atoms with Crippen LogP contribution in [-0.4, -0.2) is 0 Å². The fraction of sp³-hybridized carbons (Fsp3) is 0.111. The van der Waals surface area contributed by atoms with Gasteiger partial charge in [0.15, 0.2) is 0 Å². The predicted octanol–water partition coefficient (Wildman–Crippen LogP) is 3.88. The van der Waals surface area contributed by atoms with Crippen molar-refractivity contribution in [2.75, 3.05) is 5.73 Å². The monoisotopic (exact) mass is 231 g/mol. The molecule has 0 aliphatic heterocycles. The Bertz CT molecular complexity index is 450. The van der Waals surface area contributed by atoms with Crippen LogP contribution in [0.2, 0.25) is 5.02 Å². The van der Waals surface area contributed by atoms with Crippen LogP contribution in [-0.2, 0) is 5.88 Å². The second-order valence-corrected chi connectivity index (χ2v) is 4.29. The normalized spacial score (nSPS) is 10.9. The van der Waals surface area contributed by atoms with Crippen molar-refractivity contribution in [1.82, 2.24) is 0 Å². The van der Waals surface area contributed by atoms with Crippen LogP contribution in [0.5, 0.6) is 0 Å². The summed E-state index contributed by atoms with van der Waals surface area (Å²) in [5, 5.41) is 3.63. The van der Waals surface area contributed by atoms with E-state index >= 15 is 0 Å². The number of hydrogen-bond donors (Lipinski definition) is 1. The Labute approximate surface area is 90.1 Å². The molecule has 0 aliphatic carbocycles. The van der Waals surface area contributed by atoms with Crippen molar-refractivity contribution in [2.24, 2.45) is 0 Å². The van der Waals surface area contributed by atoms with Gasteiger partial charge in [-0.2, -0.15) is 0 Å². The van der Waals surface area contributed by atoms with Gasteiger partial charge in [-0.05, 0) is 11.6 Å². The Kier molecular flexibility index (Phi) is 2.37. The Morgan fingerprint density at radius 2 is 2.15 bits per heavy atom. The highest BCUT2D eigenvalue weighted by molar-refractivity contribution is 7.18. The quantitative estimate of drug-likeness (QED) is 0.586. The molecule has 0 fully saturated rings. The maximum Gasteiger partial charge on any atom is 0.0595 e. The smallest absolute Gasteiger partial charge is 0.0595 e. The molecule has 4 heteroatoms. The van der Waals surface area contributed by atoms with Crippen LogP contribution in [0.4, 0.5) is 5.69 Å². The highest BCUT2D eigenvalue weighted by atomic mass is 35.5. The van der Waals surface area contributed by atoms with Gasteiger partial charge < -0.3 is 5.73 Å². The molecule has 2 aromatic rings. The van der Waals surface area contributed by atoms with Gasteiger partial charge >= 0.3 is 0 Å². The first-order valence-electron chi connectivity index (χ1n) is 3.74. The molecule has 0 unspecified atom stereocenters. The molecular weight excluding hydrogens is 225 g/mol. The van der Waals surface area contributed by atoms with E-state index in [2.05, 4.69) is 0 Å². The number of rotatable bonds is 1. The van der Waals surface area contributed by atoms with Gasteiger partial charge in [0.2, 0.25) is 0 Å². The third kappa shape index (κ3) is 1.39. The van der Waals surface area contributed by atoms with Crippen molar-refractivity contribution >= 4 is 50.3 Å². The SMILES string of the molecule is Nc1ccc(CCl)c2c(Cl)csc12. The van der Waals surface area contributed by atoms with Gasteiger partial charge in [0, 0.05) is 22.3 Å². The van der Waals surface area contributed by atoms with E-state index in [0.717, 1.165) is 26.4 Å². The van der Waals surface area contributed by atoms with E-state index in [1.165, 1.54) is 0 Å². The van der Waals surface area contributed by atoms with E-state index in [4.69, 9.17) is 28.9 Å². The van der Waals surface area contributed by atoms with Crippen molar-refractivity contribution in [3.63, 3.8) is 0 Å². The van der Waals surface area contributed by atoms with Gasteiger partial charge in [0.1, 0.15) is 0 Å². The highest BCUT2D eigenvalue weighted by Crippen LogP contribution is 2.36. The highest BCUT2D eigenvalue weighted by Gasteiger charge is 2.08. The molecule has 0 saturated heterocycles. The molecule has 1 nitrogen and oxygen atoms in total. The lowest BCUT2D eigenvalue weighted by atomic mass is 10.1. The Morgan fingerprint density at radius 3 is 2.85 bits per heavy atom. The predicted molar refractivity (Wildman–Crippen MR) is 60.8 cm³/mol. The number of benzene rings is 1. The lowest BCUT2D eigenvalue weighted by Gasteiger charge is -2.01. The summed E-state index contributed by atoms with van der Waals surface area (Å²) in [5.41, 5.74) is 7.61. The lowest BCUT2D eigenvalue weighted by Crippen LogP contribution is -1.86. The largest absolute Gasteiger partial charge is 0.398 e. The molecule has 0 spiro atoms. The van der Waals surface area contributed by atoms with Crippen LogP contribution in [0.25, 0.3) is 10.1 Å². The van der Waals surface area contributed by atoms with Crippen LogP contribution in [0.3, 0.4) is 0 Å². The molecule has 0 radical (unpaired) electrons. The number of halogens is 2. The average Bonchev–Trinajstić information content (AvgIpc) is 2.51. The number of nitrogens with two attached hydrogens (primary N) is 1. The Balaban J connectivity index is 2.88. The van der Waals surface area contributed by atoms with Crippen LogP contribution >= 0.6 is 34.5 Å². The molecule has 0 bridgehead atoms. The summed E-state index contributed by atoms with van der Waals surface area (Å²) >= 11 is 13.4. The van der Waals surface area contributed by atoms with Crippen LogP contribution in [0.1, 0.15) is 5.56 Å². The van der Waals surface area contributed by atoms with Crippen molar-refractivity contribution in [3.8, 4) is 0 Å². The van der Waals surface area contributed by atoms with Crippen molar-refractivity contribution in [3.05, 3.63) is 28.1 Å². The topological polar surface area (TPSA) is 26.0 Å². The standard InChI is InChI=1S/C9H7Cl2NS/c10-3-5-1-2-7(12)9-8(5)6(11)4-13-9/h1-2,4H,3,12H2. The van der Waals surface area contributed by atoms with Crippen LogP contribution in [0, 0.1) is 0 Å². The van der Waals surface area contributed by atoms with Gasteiger partial charge in [-0.1, -0.05) is 17.7 Å². The number of hydrogen-bond acceptors (Lipinski definition) is 2. The molecule has 1 aromatic heterocycles. The molecular formula is C9H7Cl2NS. The van der Waals surface area contributed by atoms with Gasteiger partial charge in [0.25, 0.3) is 0 Å². The van der Waals surface area contributed by atoms with Crippen LogP contribution in [0.15, 0.2) is 17.5 Å². The van der Waals surface area contributed by atoms with E-state index < -0.39 is 0 Å². The van der Waals surface area contributed by atoms with Gasteiger partial charge in [-0.3, -0.25) is 0 Å². The number of nitrogen functional groups attached to an aromatic ring is 1. The van der Waals surface area contributed by atoms with E-state index in [0.29, 0.717) is 5.88 Å². The number of anilines is 1. The van der Waals surface area contributed by atoms with Crippen molar-refractivity contribution in [1.29, 1.82) is 0 Å². The third-order valence-electron chi connectivity index (χ3n) is 1.94. The van der Waals surface area contributed by atoms with Gasteiger partial charge in [-0.15, -0.1) is 22.9 Å². The first kappa shape index (κ1) is 9.13. The molecule has 0 aliphatic rings. The molecule has 2 rings (SSSR count). The zero-order chi connectivity index (χ0) is 9.42. The molecule has 0 atom stereocenters. The van der Waals surface area contributed by atoms with Crippen molar-refractivity contribution in [2.45, 2.75) is 5.88 Å². The second kappa shape index (κ2) is 3.37. The van der Waals surface area contributed by atoms with Gasteiger partial charge in [0.05, 0.1) is 9.72 Å². The minimum Gasteiger partial charge on any atom is -0.398 e. The van der Waals surface area contributed by atoms with E-state index in [1.807, 2.05) is 17.5 Å². The number of fused-ring (bicyclic) bond motifs is 1. The lowest BCUT2D eigenvalue weighted by molar-refractivity contribution is 1.46. The summed E-state index contributed by atoms with van der Waals surface area (Å²) in [5.74, 6) is 0.466. The maximum atomic E-state index is 6.02. The zero-order valence-electron chi connectivity index (χ0n) is 6.68. The second-order valence-electron chi connectivity index (χ2n) is 2.74. The Hall–Kier alpha value is -0.440. The third-order valence-corrected chi connectivity index (χ3v) is 3.68. The van der Waals surface area contributed by atoms with Crippen molar-refractivity contribution < 1.29 is 0 Å². The fourth-order valence-electron chi connectivity index (χ4n) is 1.31. The number of thiophene rings is 1. The van der Waals surface area contributed by atoms with Crippen LogP contribution < -0.4 is 5.73 Å².